The lowest BCUT2D eigenvalue weighted by molar-refractivity contribution is 1.26. The van der Waals surface area contributed by atoms with Crippen LogP contribution in [0.2, 0.25) is 0 Å². The van der Waals surface area contributed by atoms with Gasteiger partial charge in [-0.15, -0.1) is 0 Å². The number of aliphatic imine (C=N–C) groups is 1. The summed E-state index contributed by atoms with van der Waals surface area (Å²) in [5.41, 5.74) is 0.669. The van der Waals surface area contributed by atoms with Crippen molar-refractivity contribution in [3.05, 3.63) is 37.1 Å². The standard InChI is InChI=1S/C9H11N3S/c1-4-6-8(5-2)12-9(13-3)11-7-10/h4-6H,1-2H2,3H3,(H,11,12)/b8-6+. The van der Waals surface area contributed by atoms with Crippen molar-refractivity contribution in [3.8, 4) is 6.19 Å². The van der Waals surface area contributed by atoms with Crippen LogP contribution in [0.15, 0.2) is 42.1 Å². The van der Waals surface area contributed by atoms with E-state index in [4.69, 9.17) is 5.26 Å². The number of nitrogens with zero attached hydrogens (tertiary/aromatic N) is 2. The Labute approximate surface area is 82.6 Å². The third-order valence-electron chi connectivity index (χ3n) is 1.08. The average molecular weight is 193 g/mol. The molecule has 0 amide bonds. The van der Waals surface area contributed by atoms with Crippen LogP contribution in [0.4, 0.5) is 0 Å². The molecule has 0 rings (SSSR count). The second kappa shape index (κ2) is 7.19. The molecular weight excluding hydrogens is 182 g/mol. The van der Waals surface area contributed by atoms with Crippen molar-refractivity contribution in [3.63, 3.8) is 0 Å². The van der Waals surface area contributed by atoms with Gasteiger partial charge in [-0.3, -0.25) is 5.32 Å². The van der Waals surface area contributed by atoms with E-state index in [0.717, 1.165) is 0 Å². The van der Waals surface area contributed by atoms with Crippen molar-refractivity contribution in [1.29, 1.82) is 5.26 Å². The topological polar surface area (TPSA) is 48.2 Å². The Hall–Kier alpha value is -1.47. The predicted molar refractivity (Wildman–Crippen MR) is 58.2 cm³/mol. The molecule has 0 aliphatic carbocycles. The number of hydrogen-bond acceptors (Lipinski definition) is 3. The number of rotatable bonds is 3. The van der Waals surface area contributed by atoms with Gasteiger partial charge in [-0.1, -0.05) is 31.0 Å². The molecule has 0 atom stereocenters. The van der Waals surface area contributed by atoms with E-state index >= 15 is 0 Å². The molecule has 0 unspecified atom stereocenters. The van der Waals surface area contributed by atoms with E-state index in [9.17, 15) is 0 Å². The summed E-state index contributed by atoms with van der Waals surface area (Å²) < 4.78 is 0. The molecule has 0 heterocycles. The zero-order valence-electron chi connectivity index (χ0n) is 7.45. The highest BCUT2D eigenvalue weighted by molar-refractivity contribution is 8.13. The highest BCUT2D eigenvalue weighted by Gasteiger charge is 1.94. The number of hydrogen-bond donors (Lipinski definition) is 1. The van der Waals surface area contributed by atoms with Crippen molar-refractivity contribution in [2.24, 2.45) is 4.99 Å². The lowest BCUT2D eigenvalue weighted by atomic mass is 10.4. The number of allylic oxidation sites excluding steroid dienone is 3. The van der Waals surface area contributed by atoms with Crippen LogP contribution in [0.1, 0.15) is 0 Å². The van der Waals surface area contributed by atoms with Crippen molar-refractivity contribution in [2.75, 3.05) is 6.26 Å². The van der Waals surface area contributed by atoms with E-state index < -0.39 is 0 Å². The zero-order chi connectivity index (χ0) is 10.1. The van der Waals surface area contributed by atoms with Gasteiger partial charge in [-0.2, -0.15) is 5.26 Å². The van der Waals surface area contributed by atoms with Crippen LogP contribution in [0.25, 0.3) is 0 Å². The smallest absolute Gasteiger partial charge is 0.183 e. The Morgan fingerprint density at radius 3 is 2.69 bits per heavy atom. The van der Waals surface area contributed by atoms with Gasteiger partial charge in [0.05, 0.1) is 5.70 Å². The number of nitrogens with one attached hydrogen (secondary N) is 1. The molecule has 13 heavy (non-hydrogen) atoms. The summed E-state index contributed by atoms with van der Waals surface area (Å²) in [6.45, 7) is 7.13. The van der Waals surface area contributed by atoms with Crippen LogP contribution in [0.5, 0.6) is 0 Å². The molecule has 1 N–H and O–H groups in total. The molecule has 0 fully saturated rings. The quantitative estimate of drug-likeness (QED) is 0.245. The molecule has 4 heteroatoms. The average Bonchev–Trinajstić information content (AvgIpc) is 2.16. The maximum atomic E-state index is 8.36. The summed E-state index contributed by atoms with van der Waals surface area (Å²) in [7, 11) is 0. The summed E-state index contributed by atoms with van der Waals surface area (Å²) in [6, 6.07) is 0. The van der Waals surface area contributed by atoms with Crippen LogP contribution in [0, 0.1) is 11.5 Å². The highest BCUT2D eigenvalue weighted by Crippen LogP contribution is 2.03. The monoisotopic (exact) mass is 193 g/mol. The third-order valence-corrected chi connectivity index (χ3v) is 1.66. The molecule has 0 radical (unpaired) electrons. The summed E-state index contributed by atoms with van der Waals surface area (Å²) in [6.07, 6.45) is 8.55. The van der Waals surface area contributed by atoms with Gasteiger partial charge in [0.25, 0.3) is 0 Å². The van der Waals surface area contributed by atoms with E-state index in [1.165, 1.54) is 11.8 Å². The molecule has 0 saturated carbocycles. The van der Waals surface area contributed by atoms with Gasteiger partial charge in [0.1, 0.15) is 0 Å². The minimum absolute atomic E-state index is 0.538. The molecule has 0 saturated heterocycles. The van der Waals surface area contributed by atoms with Crippen molar-refractivity contribution in [1.82, 2.24) is 5.32 Å². The van der Waals surface area contributed by atoms with Gasteiger partial charge in [0.15, 0.2) is 11.4 Å². The molecule has 3 nitrogen and oxygen atoms in total. The minimum Gasteiger partial charge on any atom is -0.271 e. The largest absolute Gasteiger partial charge is 0.271 e. The van der Waals surface area contributed by atoms with Crippen molar-refractivity contribution in [2.45, 2.75) is 0 Å². The Bertz CT molecular complexity index is 284. The maximum Gasteiger partial charge on any atom is 0.183 e. The van der Waals surface area contributed by atoms with Gasteiger partial charge in [-0.25, -0.2) is 4.99 Å². The molecule has 0 aromatic heterocycles. The van der Waals surface area contributed by atoms with Gasteiger partial charge >= 0.3 is 0 Å². The lowest BCUT2D eigenvalue weighted by Crippen LogP contribution is -2.12. The van der Waals surface area contributed by atoms with Crippen LogP contribution in [-0.2, 0) is 0 Å². The Balaban J connectivity index is 4.65. The maximum absolute atomic E-state index is 8.36. The lowest BCUT2D eigenvalue weighted by Gasteiger charge is -1.98. The fraction of sp³-hybridized carbons (Fsp3) is 0.111. The molecule has 0 bridgehead atoms. The Kier molecular flexibility index (Phi) is 6.38. The van der Waals surface area contributed by atoms with E-state index in [1.54, 1.807) is 24.4 Å². The molecule has 0 spiro atoms. The molecule has 0 aliphatic rings. The fourth-order valence-corrected chi connectivity index (χ4v) is 0.906. The van der Waals surface area contributed by atoms with Crippen molar-refractivity contribution >= 4 is 16.9 Å². The minimum atomic E-state index is 0.538. The van der Waals surface area contributed by atoms with Crippen molar-refractivity contribution < 1.29 is 0 Å². The molecular formula is C9H11N3S. The first-order valence-corrected chi connectivity index (χ1v) is 4.74. The molecule has 0 aromatic rings. The number of thioether (sulfide) groups is 1. The summed E-state index contributed by atoms with van der Waals surface area (Å²) in [4.78, 5) is 4.11. The van der Waals surface area contributed by atoms with E-state index in [0.29, 0.717) is 10.9 Å². The molecule has 0 aromatic carbocycles. The summed E-state index contributed by atoms with van der Waals surface area (Å²) in [5.74, 6) is 0. The first kappa shape index (κ1) is 11.5. The fourth-order valence-electron chi connectivity index (χ4n) is 0.561. The highest BCUT2D eigenvalue weighted by atomic mass is 32.2. The Morgan fingerprint density at radius 1 is 1.62 bits per heavy atom. The van der Waals surface area contributed by atoms with Crippen LogP contribution in [-0.4, -0.2) is 11.4 Å². The molecule has 0 aliphatic heterocycles. The van der Waals surface area contributed by atoms with Gasteiger partial charge < -0.3 is 0 Å². The first-order valence-electron chi connectivity index (χ1n) is 3.51. The predicted octanol–water partition coefficient (Wildman–Crippen LogP) is 2.03. The van der Waals surface area contributed by atoms with E-state index in [-0.39, 0.29) is 0 Å². The third kappa shape index (κ3) is 4.88. The summed E-state index contributed by atoms with van der Waals surface area (Å²) >= 11 is 1.36. The molecule has 68 valence electrons. The number of nitriles is 1. The van der Waals surface area contributed by atoms with Crippen LogP contribution in [0.3, 0.4) is 0 Å². The SMILES string of the molecule is C=C/C=C(\C=C)N=C(NC#N)SC. The van der Waals surface area contributed by atoms with E-state index in [2.05, 4.69) is 23.5 Å². The summed E-state index contributed by atoms with van der Waals surface area (Å²) in [5, 5.41) is 11.4. The Morgan fingerprint density at radius 2 is 2.31 bits per heavy atom. The van der Waals surface area contributed by atoms with Crippen LogP contribution >= 0.6 is 11.8 Å². The normalized spacial score (nSPS) is 11.7. The van der Waals surface area contributed by atoms with Crippen LogP contribution < -0.4 is 5.32 Å². The van der Waals surface area contributed by atoms with Gasteiger partial charge in [-0.05, 0) is 18.4 Å². The first-order chi connectivity index (χ1) is 6.28. The van der Waals surface area contributed by atoms with Gasteiger partial charge in [0.2, 0.25) is 0 Å². The zero-order valence-corrected chi connectivity index (χ0v) is 8.27. The second-order valence-electron chi connectivity index (χ2n) is 1.89. The second-order valence-corrected chi connectivity index (χ2v) is 2.68. The van der Waals surface area contributed by atoms with E-state index in [1.807, 2.05) is 6.26 Å². The number of amidine groups is 1. The van der Waals surface area contributed by atoms with Gasteiger partial charge in [0, 0.05) is 0 Å².